The third kappa shape index (κ3) is 6.83. The molecule has 2 aromatic carbocycles. The maximum Gasteiger partial charge on any atom is 0.261 e. The Morgan fingerprint density at radius 3 is 2.59 bits per heavy atom. The molecule has 2 N–H and O–H groups in total. The maximum absolute atomic E-state index is 12.7. The molecule has 0 saturated carbocycles. The quantitative estimate of drug-likeness (QED) is 0.595. The van der Waals surface area contributed by atoms with Crippen molar-refractivity contribution in [2.24, 2.45) is 5.92 Å². The smallest absolute Gasteiger partial charge is 0.261 e. The molecule has 29 heavy (non-hydrogen) atoms. The van der Waals surface area contributed by atoms with Crippen molar-refractivity contribution >= 4 is 56.4 Å². The second kappa shape index (κ2) is 10.4. The lowest BCUT2D eigenvalue weighted by molar-refractivity contribution is -0.116. The summed E-state index contributed by atoms with van der Waals surface area (Å²) in [5.41, 5.74) is 1.76. The summed E-state index contributed by atoms with van der Waals surface area (Å²) in [6.07, 6.45) is 0. The summed E-state index contributed by atoms with van der Waals surface area (Å²) in [6, 6.07) is 12.4. The van der Waals surface area contributed by atoms with Crippen molar-refractivity contribution in [3.05, 3.63) is 52.5 Å². The lowest BCUT2D eigenvalue weighted by atomic mass is 10.2. The number of nitrogens with one attached hydrogen (secondary N) is 2. The van der Waals surface area contributed by atoms with Crippen molar-refractivity contribution in [2.75, 3.05) is 23.9 Å². The lowest BCUT2D eigenvalue weighted by Gasteiger charge is -2.17. The highest BCUT2D eigenvalue weighted by atomic mass is 79.9. The van der Waals surface area contributed by atoms with Gasteiger partial charge in [-0.1, -0.05) is 35.8 Å². The Morgan fingerprint density at radius 2 is 1.93 bits per heavy atom. The Hall–Kier alpha value is -2.45. The van der Waals surface area contributed by atoms with Gasteiger partial charge in [0.25, 0.3) is 5.91 Å². The van der Waals surface area contributed by atoms with Gasteiger partial charge < -0.3 is 15.0 Å². The van der Waals surface area contributed by atoms with Crippen LogP contribution in [0.25, 0.3) is 0 Å². The van der Waals surface area contributed by atoms with E-state index in [4.69, 9.17) is 17.0 Å². The maximum atomic E-state index is 12.7. The molecule has 0 aliphatic heterocycles. The Morgan fingerprint density at radius 1 is 1.21 bits per heavy atom. The minimum absolute atomic E-state index is 0.0818. The van der Waals surface area contributed by atoms with E-state index in [2.05, 4.69) is 26.6 Å². The van der Waals surface area contributed by atoms with Gasteiger partial charge in [-0.15, -0.1) is 0 Å². The van der Waals surface area contributed by atoms with Gasteiger partial charge >= 0.3 is 0 Å². The predicted octanol–water partition coefficient (Wildman–Crippen LogP) is 4.59. The van der Waals surface area contributed by atoms with Gasteiger partial charge in [-0.05, 0) is 54.5 Å². The number of anilines is 2. The van der Waals surface area contributed by atoms with Crippen LogP contribution >= 0.6 is 28.1 Å². The van der Waals surface area contributed by atoms with Crippen LogP contribution in [0.4, 0.5) is 11.4 Å². The zero-order valence-corrected chi connectivity index (χ0v) is 19.2. The molecule has 0 fully saturated rings. The van der Waals surface area contributed by atoms with Crippen LogP contribution in [-0.2, 0) is 4.79 Å². The van der Waals surface area contributed by atoms with Crippen LogP contribution in [0.2, 0.25) is 0 Å². The Kier molecular flexibility index (Phi) is 8.16. The summed E-state index contributed by atoms with van der Waals surface area (Å²) < 4.78 is 6.52. The molecule has 2 amide bonds. The van der Waals surface area contributed by atoms with E-state index in [0.29, 0.717) is 35.2 Å². The number of nitrogens with zero attached hydrogens (tertiary/aromatic N) is 1. The molecule has 0 spiro atoms. The van der Waals surface area contributed by atoms with Gasteiger partial charge in [-0.3, -0.25) is 14.9 Å². The van der Waals surface area contributed by atoms with Gasteiger partial charge in [0.15, 0.2) is 5.11 Å². The first kappa shape index (κ1) is 22.8. The van der Waals surface area contributed by atoms with Crippen LogP contribution in [0.1, 0.15) is 31.1 Å². The largest absolute Gasteiger partial charge is 0.492 e. The van der Waals surface area contributed by atoms with Gasteiger partial charge in [0.2, 0.25) is 5.91 Å². The normalized spacial score (nSPS) is 10.4. The van der Waals surface area contributed by atoms with Crippen molar-refractivity contribution in [1.82, 2.24) is 5.32 Å². The highest BCUT2D eigenvalue weighted by Gasteiger charge is 2.16. The minimum atomic E-state index is -0.375. The number of halogens is 1. The predicted molar refractivity (Wildman–Crippen MR) is 124 cm³/mol. The average Bonchev–Trinajstić information content (AvgIpc) is 2.66. The van der Waals surface area contributed by atoms with Crippen molar-refractivity contribution in [3.8, 4) is 5.75 Å². The molecule has 6 nitrogen and oxygen atoms in total. The van der Waals surface area contributed by atoms with Crippen molar-refractivity contribution in [2.45, 2.75) is 20.8 Å². The molecule has 0 heterocycles. The monoisotopic (exact) mass is 477 g/mol. The summed E-state index contributed by atoms with van der Waals surface area (Å²) in [5, 5.41) is 5.79. The number of rotatable bonds is 6. The molecule has 0 radical (unpaired) electrons. The third-order valence-electron chi connectivity index (χ3n) is 3.95. The molecular weight excluding hydrogens is 454 g/mol. The zero-order valence-electron chi connectivity index (χ0n) is 16.8. The van der Waals surface area contributed by atoms with Gasteiger partial charge in [-0.2, -0.15) is 0 Å². The first-order valence-corrected chi connectivity index (χ1v) is 10.3. The van der Waals surface area contributed by atoms with E-state index in [1.807, 2.05) is 26.0 Å². The van der Waals surface area contributed by atoms with Crippen molar-refractivity contribution in [3.63, 3.8) is 0 Å². The summed E-state index contributed by atoms with van der Waals surface area (Å²) in [7, 11) is 1.69. The van der Waals surface area contributed by atoms with Gasteiger partial charge in [0.1, 0.15) is 5.75 Å². The van der Waals surface area contributed by atoms with Gasteiger partial charge in [0.05, 0.1) is 12.2 Å². The highest BCUT2D eigenvalue weighted by molar-refractivity contribution is 9.10. The number of ether oxygens (including phenoxy) is 1. The topological polar surface area (TPSA) is 70.7 Å². The van der Waals surface area contributed by atoms with Crippen LogP contribution < -0.4 is 20.3 Å². The average molecular weight is 478 g/mol. The van der Waals surface area contributed by atoms with E-state index in [9.17, 15) is 9.59 Å². The zero-order chi connectivity index (χ0) is 21.6. The molecule has 0 saturated heterocycles. The van der Waals surface area contributed by atoms with Crippen molar-refractivity contribution in [1.29, 1.82) is 0 Å². The molecule has 0 aliphatic rings. The summed E-state index contributed by atoms with van der Waals surface area (Å²) in [6.45, 7) is 6.06. The first-order chi connectivity index (χ1) is 13.7. The van der Waals surface area contributed by atoms with Crippen LogP contribution in [0.3, 0.4) is 0 Å². The van der Waals surface area contributed by atoms with Crippen molar-refractivity contribution < 1.29 is 14.3 Å². The fourth-order valence-electron chi connectivity index (χ4n) is 2.37. The molecule has 0 atom stereocenters. The lowest BCUT2D eigenvalue weighted by Crippen LogP contribution is -2.34. The summed E-state index contributed by atoms with van der Waals surface area (Å²) in [5.74, 6) is 0.367. The molecule has 0 unspecified atom stereocenters. The molecule has 154 valence electrons. The number of amides is 2. The van der Waals surface area contributed by atoms with Crippen LogP contribution in [0, 0.1) is 5.92 Å². The number of thiocarbonyl (C=S) groups is 1. The van der Waals surface area contributed by atoms with E-state index in [1.165, 1.54) is 11.8 Å². The number of carbonyl (C=O) groups is 2. The molecule has 2 aromatic rings. The second-order valence-electron chi connectivity index (χ2n) is 6.88. The van der Waals surface area contributed by atoms with Crippen LogP contribution in [0.15, 0.2) is 46.9 Å². The summed E-state index contributed by atoms with van der Waals surface area (Å²) in [4.78, 5) is 25.8. The summed E-state index contributed by atoms with van der Waals surface area (Å²) >= 11 is 8.66. The first-order valence-electron chi connectivity index (χ1n) is 9.06. The van der Waals surface area contributed by atoms with Crippen LogP contribution in [0.5, 0.6) is 5.75 Å². The second-order valence-corrected chi connectivity index (χ2v) is 8.21. The molecular formula is C21H24BrN3O3S. The Labute approximate surface area is 184 Å². The van der Waals surface area contributed by atoms with Gasteiger partial charge in [-0.25, -0.2) is 0 Å². The van der Waals surface area contributed by atoms with E-state index >= 15 is 0 Å². The van der Waals surface area contributed by atoms with Gasteiger partial charge in [0, 0.05) is 29.8 Å². The van der Waals surface area contributed by atoms with Crippen LogP contribution in [-0.4, -0.2) is 30.6 Å². The third-order valence-corrected chi connectivity index (χ3v) is 4.65. The van der Waals surface area contributed by atoms with E-state index < -0.39 is 0 Å². The Bertz CT molecular complexity index is 918. The molecule has 2 rings (SSSR count). The van der Waals surface area contributed by atoms with E-state index in [1.54, 1.807) is 37.4 Å². The SMILES string of the molecule is CC(=O)N(C)c1cccc(NC(=S)NC(=O)c2cc(Br)ccc2OCC(C)C)c1. The fraction of sp³-hybridized carbons (Fsp3) is 0.286. The number of hydrogen-bond donors (Lipinski definition) is 2. The fourth-order valence-corrected chi connectivity index (χ4v) is 2.94. The molecule has 8 heteroatoms. The molecule has 0 aromatic heterocycles. The molecule has 0 aliphatic carbocycles. The minimum Gasteiger partial charge on any atom is -0.492 e. The van der Waals surface area contributed by atoms with E-state index in [0.717, 1.165) is 4.47 Å². The highest BCUT2D eigenvalue weighted by Crippen LogP contribution is 2.24. The van der Waals surface area contributed by atoms with E-state index in [-0.39, 0.29) is 16.9 Å². The number of carbonyl (C=O) groups excluding carboxylic acids is 2. The number of hydrogen-bond acceptors (Lipinski definition) is 4. The number of benzene rings is 2. The standard InChI is InChI=1S/C21H24BrN3O3S/c1-13(2)12-28-19-9-8-15(22)10-18(19)20(27)24-21(29)23-16-6-5-7-17(11-16)25(4)14(3)26/h5-11,13H,12H2,1-4H3,(H2,23,24,27,29). The Balaban J connectivity index is 2.10. The molecule has 0 bridgehead atoms.